The lowest BCUT2D eigenvalue weighted by molar-refractivity contribution is 0.00881. The highest BCUT2D eigenvalue weighted by Crippen LogP contribution is 2.33. The van der Waals surface area contributed by atoms with Gasteiger partial charge in [0.15, 0.2) is 0 Å². The van der Waals surface area contributed by atoms with Gasteiger partial charge in [0.1, 0.15) is 11.4 Å². The SMILES string of the molecule is CC(C)(C)c1cc(=O)[nH]c(C2(C)CCCO2)n1. The van der Waals surface area contributed by atoms with Gasteiger partial charge in [-0.05, 0) is 19.8 Å². The quantitative estimate of drug-likeness (QED) is 0.812. The molecule has 1 fully saturated rings. The number of rotatable bonds is 1. The molecule has 0 aliphatic carbocycles. The van der Waals surface area contributed by atoms with Crippen LogP contribution < -0.4 is 5.56 Å². The summed E-state index contributed by atoms with van der Waals surface area (Å²) in [5.74, 6) is 0.660. The molecule has 0 saturated carbocycles. The van der Waals surface area contributed by atoms with Crippen LogP contribution in [0.15, 0.2) is 10.9 Å². The van der Waals surface area contributed by atoms with Gasteiger partial charge in [-0.2, -0.15) is 0 Å². The van der Waals surface area contributed by atoms with Crippen molar-refractivity contribution >= 4 is 0 Å². The predicted molar refractivity (Wildman–Crippen MR) is 66.1 cm³/mol. The zero-order valence-corrected chi connectivity index (χ0v) is 11.0. The molecule has 17 heavy (non-hydrogen) atoms. The molecule has 4 heteroatoms. The van der Waals surface area contributed by atoms with Crippen molar-refractivity contribution in [1.82, 2.24) is 9.97 Å². The maximum Gasteiger partial charge on any atom is 0.251 e. The zero-order chi connectivity index (χ0) is 12.7. The van der Waals surface area contributed by atoms with Crippen LogP contribution >= 0.6 is 0 Å². The second kappa shape index (κ2) is 3.95. The average Bonchev–Trinajstić information content (AvgIpc) is 2.64. The molecule has 94 valence electrons. The Kier molecular flexibility index (Phi) is 2.86. The summed E-state index contributed by atoms with van der Waals surface area (Å²) in [5, 5.41) is 0. The van der Waals surface area contributed by atoms with E-state index in [2.05, 4.69) is 30.7 Å². The summed E-state index contributed by atoms with van der Waals surface area (Å²) in [5.41, 5.74) is 0.155. The minimum atomic E-state index is -0.430. The van der Waals surface area contributed by atoms with E-state index in [1.54, 1.807) is 6.07 Å². The first-order chi connectivity index (χ1) is 7.81. The van der Waals surface area contributed by atoms with Gasteiger partial charge in [-0.15, -0.1) is 0 Å². The molecule has 1 aromatic heterocycles. The maximum absolute atomic E-state index is 11.7. The van der Waals surface area contributed by atoms with Gasteiger partial charge in [0.25, 0.3) is 5.56 Å². The Morgan fingerprint density at radius 3 is 2.71 bits per heavy atom. The summed E-state index contributed by atoms with van der Waals surface area (Å²) >= 11 is 0. The van der Waals surface area contributed by atoms with E-state index in [0.717, 1.165) is 25.1 Å². The van der Waals surface area contributed by atoms with E-state index in [0.29, 0.717) is 5.82 Å². The third-order valence-electron chi connectivity index (χ3n) is 3.23. The molecule has 0 radical (unpaired) electrons. The Morgan fingerprint density at radius 2 is 2.18 bits per heavy atom. The molecule has 4 nitrogen and oxygen atoms in total. The molecule has 1 aliphatic heterocycles. The van der Waals surface area contributed by atoms with Crippen molar-refractivity contribution in [2.45, 2.75) is 51.6 Å². The molecule has 1 aromatic rings. The summed E-state index contributed by atoms with van der Waals surface area (Å²) in [6.07, 6.45) is 1.92. The van der Waals surface area contributed by atoms with Crippen LogP contribution in [0.5, 0.6) is 0 Å². The summed E-state index contributed by atoms with van der Waals surface area (Å²) in [7, 11) is 0. The summed E-state index contributed by atoms with van der Waals surface area (Å²) in [6, 6.07) is 1.57. The molecule has 0 bridgehead atoms. The van der Waals surface area contributed by atoms with Crippen molar-refractivity contribution in [2.24, 2.45) is 0 Å². The maximum atomic E-state index is 11.7. The second-order valence-corrected chi connectivity index (χ2v) is 5.91. The third kappa shape index (κ3) is 2.41. The van der Waals surface area contributed by atoms with E-state index in [9.17, 15) is 4.79 Å². The van der Waals surface area contributed by atoms with Gasteiger partial charge in [0.05, 0.1) is 5.69 Å². The van der Waals surface area contributed by atoms with Gasteiger partial charge in [0.2, 0.25) is 0 Å². The van der Waals surface area contributed by atoms with Crippen LogP contribution in [0.25, 0.3) is 0 Å². The summed E-state index contributed by atoms with van der Waals surface area (Å²) in [6.45, 7) is 8.88. The van der Waals surface area contributed by atoms with E-state index < -0.39 is 5.60 Å². The lowest BCUT2D eigenvalue weighted by atomic mass is 9.91. The number of hydrogen-bond donors (Lipinski definition) is 1. The van der Waals surface area contributed by atoms with Gasteiger partial charge in [-0.1, -0.05) is 20.8 Å². The van der Waals surface area contributed by atoms with E-state index in [1.807, 2.05) is 6.92 Å². The molecule has 2 rings (SSSR count). The van der Waals surface area contributed by atoms with Crippen LogP contribution in [0.4, 0.5) is 0 Å². The van der Waals surface area contributed by atoms with Gasteiger partial charge in [0, 0.05) is 18.1 Å². The van der Waals surface area contributed by atoms with Crippen molar-refractivity contribution in [2.75, 3.05) is 6.61 Å². The standard InChI is InChI=1S/C13H20N2O2/c1-12(2,3)9-8-10(16)15-11(14-9)13(4)6-5-7-17-13/h8H,5-7H2,1-4H3,(H,14,15,16). The number of nitrogens with one attached hydrogen (secondary N) is 1. The minimum absolute atomic E-state index is 0.100. The Bertz CT molecular complexity index is 465. The van der Waals surface area contributed by atoms with Crippen LogP contribution in [0.1, 0.15) is 52.1 Å². The van der Waals surface area contributed by atoms with E-state index in [4.69, 9.17) is 4.74 Å². The van der Waals surface area contributed by atoms with Gasteiger partial charge in [-0.3, -0.25) is 4.79 Å². The van der Waals surface area contributed by atoms with Gasteiger partial charge >= 0.3 is 0 Å². The Balaban J connectivity index is 2.49. The molecule has 1 saturated heterocycles. The lowest BCUT2D eigenvalue weighted by Gasteiger charge is -2.24. The van der Waals surface area contributed by atoms with Gasteiger partial charge in [-0.25, -0.2) is 4.98 Å². The lowest BCUT2D eigenvalue weighted by Crippen LogP contribution is -2.30. The number of ether oxygens (including phenoxy) is 1. The van der Waals surface area contributed by atoms with E-state index >= 15 is 0 Å². The minimum Gasteiger partial charge on any atom is -0.367 e. The first-order valence-electron chi connectivity index (χ1n) is 6.08. The van der Waals surface area contributed by atoms with Crippen LogP contribution in [0.3, 0.4) is 0 Å². The van der Waals surface area contributed by atoms with Crippen molar-refractivity contribution in [1.29, 1.82) is 0 Å². The highest BCUT2D eigenvalue weighted by atomic mass is 16.5. The molecule has 0 aromatic carbocycles. The number of aromatic nitrogens is 2. The number of H-pyrrole nitrogens is 1. The monoisotopic (exact) mass is 236 g/mol. The smallest absolute Gasteiger partial charge is 0.251 e. The molecule has 0 spiro atoms. The normalized spacial score (nSPS) is 25.2. The number of hydrogen-bond acceptors (Lipinski definition) is 3. The molecule has 1 aliphatic rings. The molecule has 1 N–H and O–H groups in total. The van der Waals surface area contributed by atoms with Crippen molar-refractivity contribution in [3.8, 4) is 0 Å². The number of aromatic amines is 1. The third-order valence-corrected chi connectivity index (χ3v) is 3.23. The second-order valence-electron chi connectivity index (χ2n) is 5.91. The highest BCUT2D eigenvalue weighted by molar-refractivity contribution is 5.15. The van der Waals surface area contributed by atoms with Crippen LogP contribution in [0.2, 0.25) is 0 Å². The number of nitrogens with zero attached hydrogens (tertiary/aromatic N) is 1. The Hall–Kier alpha value is -1.16. The zero-order valence-electron chi connectivity index (χ0n) is 11.0. The average molecular weight is 236 g/mol. The van der Waals surface area contributed by atoms with Crippen LogP contribution in [-0.4, -0.2) is 16.6 Å². The van der Waals surface area contributed by atoms with Crippen molar-refractivity contribution in [3.63, 3.8) is 0 Å². The fraction of sp³-hybridized carbons (Fsp3) is 0.692. The fourth-order valence-corrected chi connectivity index (χ4v) is 2.06. The Labute approximate surface area is 101 Å². The largest absolute Gasteiger partial charge is 0.367 e. The van der Waals surface area contributed by atoms with Crippen LogP contribution in [-0.2, 0) is 15.8 Å². The summed E-state index contributed by atoms with van der Waals surface area (Å²) < 4.78 is 5.72. The van der Waals surface area contributed by atoms with E-state index in [1.165, 1.54) is 0 Å². The first kappa shape index (κ1) is 12.3. The fourth-order valence-electron chi connectivity index (χ4n) is 2.06. The van der Waals surface area contributed by atoms with E-state index in [-0.39, 0.29) is 11.0 Å². The van der Waals surface area contributed by atoms with Gasteiger partial charge < -0.3 is 9.72 Å². The molecule has 2 heterocycles. The first-order valence-corrected chi connectivity index (χ1v) is 6.08. The Morgan fingerprint density at radius 1 is 1.47 bits per heavy atom. The highest BCUT2D eigenvalue weighted by Gasteiger charge is 2.35. The summed E-state index contributed by atoms with van der Waals surface area (Å²) in [4.78, 5) is 19.1. The van der Waals surface area contributed by atoms with Crippen molar-refractivity contribution in [3.05, 3.63) is 27.9 Å². The van der Waals surface area contributed by atoms with Crippen molar-refractivity contribution < 1.29 is 4.74 Å². The molecule has 1 atom stereocenters. The molecular formula is C13H20N2O2. The molecular weight excluding hydrogens is 216 g/mol. The van der Waals surface area contributed by atoms with Crippen LogP contribution in [0, 0.1) is 0 Å². The topological polar surface area (TPSA) is 55.0 Å². The molecule has 1 unspecified atom stereocenters. The molecule has 0 amide bonds. The predicted octanol–water partition coefficient (Wildman–Crippen LogP) is 2.09.